The maximum atomic E-state index is 10.5. The first-order chi connectivity index (χ1) is 30.0. The number of carbonyl (C=O) groups excluding carboxylic acids is 1. The van der Waals surface area contributed by atoms with Crippen molar-refractivity contribution in [1.82, 2.24) is 0 Å². The molecule has 5 rings (SSSR count). The van der Waals surface area contributed by atoms with E-state index in [2.05, 4.69) is 19.9 Å². The fourth-order valence-electron chi connectivity index (χ4n) is 5.85. The molecule has 14 heteroatoms. The van der Waals surface area contributed by atoms with Crippen molar-refractivity contribution in [1.29, 1.82) is 0 Å². The Labute approximate surface area is 403 Å². The molecule has 5 aromatic carbocycles. The summed E-state index contributed by atoms with van der Waals surface area (Å²) in [4.78, 5) is 10.5. The summed E-state index contributed by atoms with van der Waals surface area (Å²) in [5.41, 5.74) is 7.68. The molecule has 8 N–H and O–H groups in total. The number of unbranched alkanes of at least 4 members (excludes halogenated alkanes) is 12. The number of para-hydroxylation sites is 1. The zero-order valence-corrected chi connectivity index (χ0v) is 40.4. The minimum absolute atomic E-state index is 0.0177. The fraction of sp³-hybridized carbons (Fsp3) is 0.367. The summed E-state index contributed by atoms with van der Waals surface area (Å²) in [6, 6.07) is 23.7. The number of amides is 1. The topological polar surface area (TPSA) is 164 Å². The van der Waals surface area contributed by atoms with Crippen LogP contribution in [0.4, 0.5) is 0 Å². The van der Waals surface area contributed by atoms with E-state index >= 15 is 0 Å². The molecule has 1 amide bonds. The Kier molecular flexibility index (Phi) is 30.5. The zero-order chi connectivity index (χ0) is 47.2. The molecule has 0 aliphatic heterocycles. The summed E-state index contributed by atoms with van der Waals surface area (Å²) in [6.07, 6.45) is 21.0. The molecule has 0 bridgehead atoms. The van der Waals surface area contributed by atoms with E-state index in [1.807, 2.05) is 12.1 Å². The average molecular weight is 989 g/mol. The molecule has 0 saturated carbocycles. The van der Waals surface area contributed by atoms with E-state index in [0.29, 0.717) is 20.8 Å². The van der Waals surface area contributed by atoms with Crippen LogP contribution in [0.25, 0.3) is 0 Å². The number of aryl methyl sites for hydroxylation is 1. The van der Waals surface area contributed by atoms with Crippen molar-refractivity contribution in [3.63, 3.8) is 0 Å². The maximum Gasteiger partial charge on any atom is 0.252 e. The third-order valence-corrected chi connectivity index (χ3v) is 11.0. The monoisotopic (exact) mass is 985 g/mol. The van der Waals surface area contributed by atoms with Gasteiger partial charge < -0.3 is 36.4 Å². The largest absolute Gasteiger partial charge is 0.508 e. The number of rotatable bonds is 17. The number of phenols is 6. The number of primary amides is 1. The highest BCUT2D eigenvalue weighted by atomic mass is 35.5. The molecule has 0 saturated heterocycles. The Bertz CT molecular complexity index is 1970. The minimum atomic E-state index is -0.613. The van der Waals surface area contributed by atoms with Gasteiger partial charge in [-0.05, 0) is 85.3 Å². The summed E-state index contributed by atoms with van der Waals surface area (Å²) in [7, 11) is 0. The molecular weight excluding hydrogens is 927 g/mol. The van der Waals surface area contributed by atoms with Crippen molar-refractivity contribution >= 4 is 75.5 Å². The summed E-state index contributed by atoms with van der Waals surface area (Å²) in [5.74, 6) is -0.362. The predicted octanol–water partition coefficient (Wildman–Crippen LogP) is 16.3. The number of carbonyl (C=O) groups is 1. The van der Waals surface area contributed by atoms with Gasteiger partial charge in [0.15, 0.2) is 0 Å². The van der Waals surface area contributed by atoms with E-state index in [4.69, 9.17) is 101 Å². The molecule has 0 heterocycles. The smallest absolute Gasteiger partial charge is 0.252 e. The highest BCUT2D eigenvalue weighted by Gasteiger charge is 2.08. The number of benzene rings is 5. The number of phenolic OH excluding ortho intramolecular Hbond substituents is 5. The first kappa shape index (κ1) is 57.1. The minimum Gasteiger partial charge on any atom is -0.508 e. The summed E-state index contributed by atoms with van der Waals surface area (Å²) < 4.78 is 0. The van der Waals surface area contributed by atoms with Gasteiger partial charge >= 0.3 is 0 Å². The van der Waals surface area contributed by atoms with Gasteiger partial charge in [0.05, 0.1) is 25.7 Å². The van der Waals surface area contributed by atoms with Crippen LogP contribution in [0, 0.1) is 0 Å². The summed E-state index contributed by atoms with van der Waals surface area (Å²) in [6.45, 7) is 4.54. The lowest BCUT2D eigenvalue weighted by molar-refractivity contribution is 0.0997. The van der Waals surface area contributed by atoms with Crippen LogP contribution in [0.5, 0.6) is 34.5 Å². The summed E-state index contributed by atoms with van der Waals surface area (Å²) >= 11 is 32.8. The van der Waals surface area contributed by atoms with Crippen molar-refractivity contribution < 1.29 is 35.4 Å². The molecule has 0 unspecified atom stereocenters. The van der Waals surface area contributed by atoms with Crippen molar-refractivity contribution in [2.45, 2.75) is 117 Å². The van der Waals surface area contributed by atoms with Gasteiger partial charge in [0.25, 0.3) is 5.91 Å². The summed E-state index contributed by atoms with van der Waals surface area (Å²) in [5, 5.41) is 56.6. The number of hydrogen-bond donors (Lipinski definition) is 7. The van der Waals surface area contributed by atoms with Crippen LogP contribution >= 0.6 is 69.6 Å². The first-order valence-electron chi connectivity index (χ1n) is 21.0. The second-order valence-electron chi connectivity index (χ2n) is 14.5. The average Bonchev–Trinajstić information content (AvgIpc) is 3.24. The van der Waals surface area contributed by atoms with Gasteiger partial charge in [-0.25, -0.2) is 0 Å². The lowest BCUT2D eigenvalue weighted by Gasteiger charge is -2.12. The van der Waals surface area contributed by atoms with Crippen molar-refractivity contribution in [3.05, 3.63) is 138 Å². The Morgan fingerprint density at radius 1 is 0.429 bits per heavy atom. The molecule has 0 atom stereocenters. The normalized spacial score (nSPS) is 10.2. The van der Waals surface area contributed by atoms with E-state index in [1.54, 1.807) is 30.3 Å². The molecule has 63 heavy (non-hydrogen) atoms. The number of hydrogen-bond acceptors (Lipinski definition) is 7. The van der Waals surface area contributed by atoms with Crippen LogP contribution in [0.1, 0.15) is 125 Å². The quantitative estimate of drug-likeness (QED) is 0.0360. The third-order valence-electron chi connectivity index (χ3n) is 9.33. The standard InChI is InChI=1S/C24H42O.C7H7NO2.C6H4Cl2O2.2C6H4Cl2O/c1-3-5-7-9-11-13-15-18-22-19-17-21-24(25)23(22)20-16-14-12-10-8-6-4-2;8-7(10)5-3-1-2-4-6(5)9;7-3-1-5(9)4(8)2-6(3)10;7-4-1-2-6(9)5(8)3-4;7-4-1-2-5(8)6(9)3-4/h17,19,21,25H,3-16,18,20H2,1-2H3;1-4,9H,(H2,8,10);1-2,9-10H;2*1-3,9H. The molecular formula is C49H61Cl6NO7. The highest BCUT2D eigenvalue weighted by molar-refractivity contribution is 6.36. The molecule has 0 aromatic heterocycles. The van der Waals surface area contributed by atoms with E-state index in [1.165, 1.54) is 143 Å². The van der Waals surface area contributed by atoms with Crippen molar-refractivity contribution in [2.75, 3.05) is 0 Å². The van der Waals surface area contributed by atoms with E-state index in [-0.39, 0.29) is 49.4 Å². The Hall–Kier alpha value is -3.89. The van der Waals surface area contributed by atoms with E-state index in [0.717, 1.165) is 12.8 Å². The van der Waals surface area contributed by atoms with Crippen molar-refractivity contribution in [3.8, 4) is 34.5 Å². The molecule has 0 aliphatic carbocycles. The Balaban J connectivity index is 0.000000431. The van der Waals surface area contributed by atoms with Gasteiger partial charge in [-0.1, -0.05) is 185 Å². The maximum absolute atomic E-state index is 10.5. The number of aromatic hydroxyl groups is 6. The second-order valence-corrected chi connectivity index (χ2v) is 17.0. The highest BCUT2D eigenvalue weighted by Crippen LogP contribution is 2.34. The van der Waals surface area contributed by atoms with Gasteiger partial charge in [0.1, 0.15) is 34.5 Å². The molecule has 0 radical (unpaired) electrons. The van der Waals surface area contributed by atoms with Crippen molar-refractivity contribution in [2.24, 2.45) is 5.73 Å². The zero-order valence-electron chi connectivity index (χ0n) is 35.9. The molecule has 346 valence electrons. The van der Waals surface area contributed by atoms with Crippen LogP contribution in [0.15, 0.2) is 91.0 Å². The number of nitrogens with two attached hydrogens (primary N) is 1. The number of halogens is 6. The molecule has 0 fully saturated rings. The molecule has 8 nitrogen and oxygen atoms in total. The van der Waals surface area contributed by atoms with Crippen LogP contribution in [-0.4, -0.2) is 36.5 Å². The third kappa shape index (κ3) is 25.3. The van der Waals surface area contributed by atoms with Crippen LogP contribution in [0.2, 0.25) is 30.1 Å². The van der Waals surface area contributed by atoms with Crippen LogP contribution in [0.3, 0.4) is 0 Å². The van der Waals surface area contributed by atoms with Gasteiger partial charge in [-0.2, -0.15) is 0 Å². The van der Waals surface area contributed by atoms with Gasteiger partial charge in [0, 0.05) is 28.2 Å². The first-order valence-corrected chi connectivity index (χ1v) is 23.3. The van der Waals surface area contributed by atoms with E-state index < -0.39 is 5.91 Å². The fourth-order valence-corrected chi connectivity index (χ4v) is 6.86. The van der Waals surface area contributed by atoms with Gasteiger partial charge in [-0.15, -0.1) is 0 Å². The van der Waals surface area contributed by atoms with Crippen LogP contribution in [-0.2, 0) is 12.8 Å². The van der Waals surface area contributed by atoms with Gasteiger partial charge in [0.2, 0.25) is 0 Å². The second kappa shape index (κ2) is 33.6. The predicted molar refractivity (Wildman–Crippen MR) is 264 cm³/mol. The molecule has 0 aliphatic rings. The van der Waals surface area contributed by atoms with E-state index in [9.17, 15) is 9.90 Å². The molecule has 0 spiro atoms. The lowest BCUT2D eigenvalue weighted by Crippen LogP contribution is -2.10. The lowest BCUT2D eigenvalue weighted by atomic mass is 9.95. The SMILES string of the molecule is CCCCCCCCCc1cccc(O)c1CCCCCCCCC.NC(=O)c1ccccc1O.Oc1cc(Cl)c(O)cc1Cl.Oc1cc(Cl)ccc1Cl.Oc1ccc(Cl)cc1Cl. The Morgan fingerprint density at radius 2 is 0.873 bits per heavy atom. The Morgan fingerprint density at radius 3 is 1.33 bits per heavy atom. The van der Waals surface area contributed by atoms with Crippen LogP contribution < -0.4 is 5.73 Å². The molecule has 5 aromatic rings. The van der Waals surface area contributed by atoms with Gasteiger partial charge in [-0.3, -0.25) is 4.79 Å².